The van der Waals surface area contributed by atoms with Gasteiger partial charge in [0.25, 0.3) is 0 Å². The van der Waals surface area contributed by atoms with Crippen LogP contribution in [0, 0.1) is 5.92 Å². The predicted molar refractivity (Wildman–Crippen MR) is 76.9 cm³/mol. The molecule has 1 atom stereocenters. The summed E-state index contributed by atoms with van der Waals surface area (Å²) in [7, 11) is 2.21. The normalized spacial score (nSPS) is 13.6. The first-order valence-corrected chi connectivity index (χ1v) is 7.65. The molecule has 0 saturated carbocycles. The van der Waals surface area contributed by atoms with Gasteiger partial charge in [0.1, 0.15) is 0 Å². The molecule has 0 spiro atoms. The lowest BCUT2D eigenvalue weighted by atomic mass is 10.1. The van der Waals surface area contributed by atoms with Crippen molar-refractivity contribution in [2.75, 3.05) is 13.6 Å². The second-order valence-corrected chi connectivity index (χ2v) is 6.14. The minimum absolute atomic E-state index is 0.529. The Morgan fingerprint density at radius 3 is 2.65 bits per heavy atom. The Kier molecular flexibility index (Phi) is 6.45. The van der Waals surface area contributed by atoms with E-state index in [4.69, 9.17) is 11.6 Å². The highest BCUT2D eigenvalue weighted by Gasteiger charge is 2.12. The summed E-state index contributed by atoms with van der Waals surface area (Å²) >= 11 is 7.46. The lowest BCUT2D eigenvalue weighted by molar-refractivity contribution is 0.206. The van der Waals surface area contributed by atoms with E-state index < -0.39 is 0 Å². The SMILES string of the molecule is CC(C)C(C)N(C)CCCc1nc(CCl)cs1. The fraction of sp³-hybridized carbons (Fsp3) is 0.769. The minimum atomic E-state index is 0.529. The van der Waals surface area contributed by atoms with Crippen LogP contribution in [-0.4, -0.2) is 29.5 Å². The van der Waals surface area contributed by atoms with Crippen molar-refractivity contribution < 1.29 is 0 Å². The average molecular weight is 275 g/mol. The van der Waals surface area contributed by atoms with E-state index in [0.29, 0.717) is 17.8 Å². The molecule has 98 valence electrons. The highest BCUT2D eigenvalue weighted by atomic mass is 35.5. The van der Waals surface area contributed by atoms with Gasteiger partial charge in [0.05, 0.1) is 16.6 Å². The lowest BCUT2D eigenvalue weighted by Crippen LogP contribution is -2.34. The molecule has 0 N–H and O–H groups in total. The van der Waals surface area contributed by atoms with Gasteiger partial charge >= 0.3 is 0 Å². The molecule has 0 fully saturated rings. The molecule has 0 saturated heterocycles. The summed E-state index contributed by atoms with van der Waals surface area (Å²) < 4.78 is 0. The fourth-order valence-electron chi connectivity index (χ4n) is 1.72. The van der Waals surface area contributed by atoms with E-state index in [1.54, 1.807) is 11.3 Å². The van der Waals surface area contributed by atoms with Gasteiger partial charge in [0, 0.05) is 17.8 Å². The van der Waals surface area contributed by atoms with Gasteiger partial charge < -0.3 is 4.90 Å². The zero-order valence-electron chi connectivity index (χ0n) is 11.2. The van der Waals surface area contributed by atoms with E-state index in [2.05, 4.69) is 43.1 Å². The molecule has 1 unspecified atom stereocenters. The Morgan fingerprint density at radius 1 is 1.41 bits per heavy atom. The topological polar surface area (TPSA) is 16.1 Å². The lowest BCUT2D eigenvalue weighted by Gasteiger charge is -2.27. The summed E-state index contributed by atoms with van der Waals surface area (Å²) in [4.78, 5) is 6.90. The second kappa shape index (κ2) is 7.34. The van der Waals surface area contributed by atoms with E-state index >= 15 is 0 Å². The number of aryl methyl sites for hydroxylation is 1. The van der Waals surface area contributed by atoms with Crippen molar-refractivity contribution in [1.29, 1.82) is 0 Å². The molecule has 0 radical (unpaired) electrons. The third kappa shape index (κ3) is 4.94. The van der Waals surface area contributed by atoms with Gasteiger partial charge in [-0.2, -0.15) is 0 Å². The molecule has 2 nitrogen and oxygen atoms in total. The summed E-state index contributed by atoms with van der Waals surface area (Å²) in [5, 5.41) is 3.27. The number of thiazole rings is 1. The van der Waals surface area contributed by atoms with Gasteiger partial charge in [-0.15, -0.1) is 22.9 Å². The maximum atomic E-state index is 5.74. The predicted octanol–water partition coefficient (Wildman–Crippen LogP) is 3.79. The number of aromatic nitrogens is 1. The van der Waals surface area contributed by atoms with E-state index in [9.17, 15) is 0 Å². The summed E-state index contributed by atoms with van der Waals surface area (Å²) in [5.74, 6) is 1.24. The summed E-state index contributed by atoms with van der Waals surface area (Å²) in [6.07, 6.45) is 2.24. The third-order valence-corrected chi connectivity index (χ3v) is 4.53. The number of nitrogens with zero attached hydrogens (tertiary/aromatic N) is 2. The first-order chi connectivity index (χ1) is 8.04. The Hall–Kier alpha value is -0.120. The maximum Gasteiger partial charge on any atom is 0.0929 e. The Morgan fingerprint density at radius 2 is 2.12 bits per heavy atom. The first kappa shape index (κ1) is 14.9. The molecule has 17 heavy (non-hydrogen) atoms. The number of hydrogen-bond acceptors (Lipinski definition) is 3. The summed E-state index contributed by atoms with van der Waals surface area (Å²) in [6, 6.07) is 0.643. The van der Waals surface area contributed by atoms with Crippen LogP contribution in [0.1, 0.15) is 37.9 Å². The van der Waals surface area contributed by atoms with Crippen LogP contribution in [0.5, 0.6) is 0 Å². The van der Waals surface area contributed by atoms with Gasteiger partial charge in [-0.3, -0.25) is 0 Å². The van der Waals surface area contributed by atoms with Crippen LogP contribution in [0.3, 0.4) is 0 Å². The van der Waals surface area contributed by atoms with Crippen molar-refractivity contribution in [3.8, 4) is 0 Å². The van der Waals surface area contributed by atoms with E-state index in [0.717, 1.165) is 18.7 Å². The second-order valence-electron chi connectivity index (χ2n) is 4.93. The van der Waals surface area contributed by atoms with E-state index in [-0.39, 0.29) is 0 Å². The smallest absolute Gasteiger partial charge is 0.0929 e. The molecule has 0 aliphatic rings. The maximum absolute atomic E-state index is 5.74. The van der Waals surface area contributed by atoms with Crippen molar-refractivity contribution in [2.24, 2.45) is 5.92 Å². The molecular formula is C13H23ClN2S. The van der Waals surface area contributed by atoms with Crippen molar-refractivity contribution >= 4 is 22.9 Å². The molecule has 0 aliphatic carbocycles. The van der Waals surface area contributed by atoms with Gasteiger partial charge in [0.2, 0.25) is 0 Å². The zero-order chi connectivity index (χ0) is 12.8. The van der Waals surface area contributed by atoms with Crippen molar-refractivity contribution in [2.45, 2.75) is 45.5 Å². The number of alkyl halides is 1. The van der Waals surface area contributed by atoms with E-state index in [1.165, 1.54) is 11.4 Å². The monoisotopic (exact) mass is 274 g/mol. The Balaban J connectivity index is 2.27. The average Bonchev–Trinajstić information content (AvgIpc) is 2.75. The van der Waals surface area contributed by atoms with Gasteiger partial charge in [-0.05, 0) is 32.9 Å². The summed E-state index contributed by atoms with van der Waals surface area (Å²) in [6.45, 7) is 7.97. The van der Waals surface area contributed by atoms with Crippen LogP contribution < -0.4 is 0 Å². The summed E-state index contributed by atoms with van der Waals surface area (Å²) in [5.41, 5.74) is 1.01. The molecule has 0 amide bonds. The van der Waals surface area contributed by atoms with Crippen LogP contribution in [0.4, 0.5) is 0 Å². The Bertz CT molecular complexity index is 325. The zero-order valence-corrected chi connectivity index (χ0v) is 12.8. The third-order valence-electron chi connectivity index (χ3n) is 3.30. The van der Waals surface area contributed by atoms with Gasteiger partial charge in [0.15, 0.2) is 0 Å². The van der Waals surface area contributed by atoms with Crippen molar-refractivity contribution in [1.82, 2.24) is 9.88 Å². The highest BCUT2D eigenvalue weighted by molar-refractivity contribution is 7.09. The molecule has 0 bridgehead atoms. The number of rotatable bonds is 7. The number of hydrogen-bond donors (Lipinski definition) is 0. The van der Waals surface area contributed by atoms with Crippen LogP contribution in [-0.2, 0) is 12.3 Å². The molecule has 1 aromatic heterocycles. The van der Waals surface area contributed by atoms with Crippen LogP contribution in [0.25, 0.3) is 0 Å². The minimum Gasteiger partial charge on any atom is -0.303 e. The molecule has 1 rings (SSSR count). The van der Waals surface area contributed by atoms with E-state index in [1.807, 2.05) is 0 Å². The molecule has 4 heteroatoms. The van der Waals surface area contributed by atoms with Gasteiger partial charge in [-0.1, -0.05) is 13.8 Å². The van der Waals surface area contributed by atoms with Crippen molar-refractivity contribution in [3.63, 3.8) is 0 Å². The highest BCUT2D eigenvalue weighted by Crippen LogP contribution is 2.14. The largest absolute Gasteiger partial charge is 0.303 e. The van der Waals surface area contributed by atoms with Crippen LogP contribution >= 0.6 is 22.9 Å². The van der Waals surface area contributed by atoms with Crippen LogP contribution in [0.2, 0.25) is 0 Å². The first-order valence-electron chi connectivity index (χ1n) is 6.24. The number of halogens is 1. The molecule has 1 aromatic rings. The quantitative estimate of drug-likeness (QED) is 0.703. The molecule has 0 aromatic carbocycles. The van der Waals surface area contributed by atoms with Crippen molar-refractivity contribution in [3.05, 3.63) is 16.1 Å². The molecule has 1 heterocycles. The molecule has 0 aliphatic heterocycles. The standard InChI is InChI=1S/C13H23ClN2S/c1-10(2)11(3)16(4)7-5-6-13-15-12(8-14)9-17-13/h9-11H,5-8H2,1-4H3. The van der Waals surface area contributed by atoms with Crippen LogP contribution in [0.15, 0.2) is 5.38 Å². The molecular weight excluding hydrogens is 252 g/mol. The fourth-order valence-corrected chi connectivity index (χ4v) is 2.79. The van der Waals surface area contributed by atoms with Gasteiger partial charge in [-0.25, -0.2) is 4.98 Å². The Labute approximate surface area is 114 Å².